The monoisotopic (exact) mass is 432 g/mol. The van der Waals surface area contributed by atoms with Gasteiger partial charge in [-0.05, 0) is 51.8 Å². The van der Waals surface area contributed by atoms with Crippen LogP contribution in [0.5, 0.6) is 0 Å². The third kappa shape index (κ3) is 3.57. The van der Waals surface area contributed by atoms with Gasteiger partial charge < -0.3 is 10.2 Å². The fourth-order valence-electron chi connectivity index (χ4n) is 3.07. The molecule has 0 atom stereocenters. The summed E-state index contributed by atoms with van der Waals surface area (Å²) in [5.41, 5.74) is 3.12. The molecule has 8 heteroatoms. The number of carbonyl (C=O) groups is 1. The van der Waals surface area contributed by atoms with Gasteiger partial charge in [0.25, 0.3) is 0 Å². The molecule has 0 radical (unpaired) electrons. The van der Waals surface area contributed by atoms with Crippen molar-refractivity contribution in [3.05, 3.63) is 70.5 Å². The minimum Gasteiger partial charge on any atom is -0.317 e. The topological polar surface area (TPSA) is 50.2 Å². The maximum Gasteiger partial charge on any atom is 0.322 e. The van der Waals surface area contributed by atoms with E-state index in [0.29, 0.717) is 25.3 Å². The number of halogens is 3. The molecule has 3 aromatic rings. The zero-order valence-electron chi connectivity index (χ0n) is 14.1. The van der Waals surface area contributed by atoms with Crippen LogP contribution in [-0.2, 0) is 13.1 Å². The molecule has 0 bridgehead atoms. The number of rotatable bonds is 2. The fourth-order valence-corrected chi connectivity index (χ4v) is 3.44. The van der Waals surface area contributed by atoms with Crippen LogP contribution in [0.15, 0.2) is 53.1 Å². The lowest BCUT2D eigenvalue weighted by molar-refractivity contribution is 0.194. The summed E-state index contributed by atoms with van der Waals surface area (Å²) in [5, 5.41) is 7.15. The van der Waals surface area contributed by atoms with Gasteiger partial charge >= 0.3 is 6.03 Å². The van der Waals surface area contributed by atoms with Gasteiger partial charge in [0.05, 0.1) is 29.5 Å². The molecule has 1 aliphatic heterocycles. The Balaban J connectivity index is 1.53. The number of hydrogen-bond donors (Lipinski definition) is 1. The van der Waals surface area contributed by atoms with Gasteiger partial charge in [0.2, 0.25) is 0 Å². The number of nitrogens with zero attached hydrogens (tertiary/aromatic N) is 3. The van der Waals surface area contributed by atoms with Crippen molar-refractivity contribution < 1.29 is 13.6 Å². The number of anilines is 1. The molecule has 1 aromatic heterocycles. The Bertz CT molecular complexity index is 1000. The predicted molar refractivity (Wildman–Crippen MR) is 101 cm³/mol. The summed E-state index contributed by atoms with van der Waals surface area (Å²) in [4.78, 5) is 14.3. The average molecular weight is 433 g/mol. The maximum absolute atomic E-state index is 13.3. The van der Waals surface area contributed by atoms with Gasteiger partial charge in [0.15, 0.2) is 0 Å². The summed E-state index contributed by atoms with van der Waals surface area (Å²) in [7, 11) is 0. The van der Waals surface area contributed by atoms with Gasteiger partial charge in [0.1, 0.15) is 11.6 Å². The van der Waals surface area contributed by atoms with Crippen LogP contribution in [0.25, 0.3) is 11.1 Å². The van der Waals surface area contributed by atoms with E-state index in [1.165, 1.54) is 30.3 Å². The standard InChI is InChI=1S/C19H15BrF2N4O/c20-16-9-14(5-6-17(16)22)24-19(27)25-7-8-26-18(11-25)15(10-23-26)12-1-3-13(21)4-2-12/h1-6,9-10H,7-8,11H2,(H,24,27). The van der Waals surface area contributed by atoms with Crippen molar-refractivity contribution in [3.8, 4) is 11.1 Å². The van der Waals surface area contributed by atoms with Crippen molar-refractivity contribution >= 4 is 27.6 Å². The quantitative estimate of drug-likeness (QED) is 0.641. The molecule has 2 amide bonds. The Hall–Kier alpha value is -2.74. The first kappa shape index (κ1) is 17.7. The third-order valence-electron chi connectivity index (χ3n) is 4.48. The van der Waals surface area contributed by atoms with E-state index in [0.717, 1.165) is 16.8 Å². The molecule has 138 valence electrons. The molecule has 5 nitrogen and oxygen atoms in total. The van der Waals surface area contributed by atoms with Crippen molar-refractivity contribution in [2.24, 2.45) is 0 Å². The molecular formula is C19H15BrF2N4O. The molecule has 1 aliphatic rings. The number of urea groups is 1. The van der Waals surface area contributed by atoms with E-state index in [-0.39, 0.29) is 22.1 Å². The Morgan fingerprint density at radius 2 is 1.89 bits per heavy atom. The Morgan fingerprint density at radius 3 is 2.63 bits per heavy atom. The van der Waals surface area contributed by atoms with Gasteiger partial charge in [-0.2, -0.15) is 5.10 Å². The number of benzene rings is 2. The zero-order chi connectivity index (χ0) is 19.0. The summed E-state index contributed by atoms with van der Waals surface area (Å²) in [6, 6.07) is 10.2. The lowest BCUT2D eigenvalue weighted by Crippen LogP contribution is -2.41. The minimum atomic E-state index is -0.390. The summed E-state index contributed by atoms with van der Waals surface area (Å²) >= 11 is 3.11. The summed E-state index contributed by atoms with van der Waals surface area (Å²) in [6.45, 7) is 1.45. The van der Waals surface area contributed by atoms with Crippen LogP contribution in [0, 0.1) is 11.6 Å². The SMILES string of the molecule is O=C(Nc1ccc(F)c(Br)c1)N1CCn2ncc(-c3ccc(F)cc3)c2C1. The smallest absolute Gasteiger partial charge is 0.317 e. The van der Waals surface area contributed by atoms with E-state index in [4.69, 9.17) is 0 Å². The Labute approximate surface area is 162 Å². The highest BCUT2D eigenvalue weighted by Crippen LogP contribution is 2.27. The van der Waals surface area contributed by atoms with Crippen molar-refractivity contribution in [3.63, 3.8) is 0 Å². The second kappa shape index (κ2) is 7.11. The van der Waals surface area contributed by atoms with E-state index >= 15 is 0 Å². The molecule has 0 saturated carbocycles. The number of amides is 2. The average Bonchev–Trinajstić information content (AvgIpc) is 3.08. The summed E-state index contributed by atoms with van der Waals surface area (Å²) in [6.07, 6.45) is 1.74. The van der Waals surface area contributed by atoms with E-state index in [9.17, 15) is 13.6 Å². The van der Waals surface area contributed by atoms with Crippen molar-refractivity contribution in [1.82, 2.24) is 14.7 Å². The molecule has 0 unspecified atom stereocenters. The second-order valence-corrected chi connectivity index (χ2v) is 7.07. The van der Waals surface area contributed by atoms with Crippen LogP contribution in [-0.4, -0.2) is 27.3 Å². The molecule has 1 N–H and O–H groups in total. The first-order chi connectivity index (χ1) is 13.0. The Morgan fingerprint density at radius 1 is 1.11 bits per heavy atom. The largest absolute Gasteiger partial charge is 0.322 e. The molecule has 27 heavy (non-hydrogen) atoms. The van der Waals surface area contributed by atoms with Crippen LogP contribution >= 0.6 is 15.9 Å². The van der Waals surface area contributed by atoms with E-state index in [1.807, 2.05) is 4.68 Å². The van der Waals surface area contributed by atoms with Gasteiger partial charge in [-0.1, -0.05) is 12.1 Å². The molecule has 0 fully saturated rings. The molecule has 4 rings (SSSR count). The first-order valence-corrected chi connectivity index (χ1v) is 9.12. The number of nitrogens with one attached hydrogen (secondary N) is 1. The molecule has 2 heterocycles. The summed E-state index contributed by atoms with van der Waals surface area (Å²) < 4.78 is 28.7. The Kier molecular flexibility index (Phi) is 4.65. The highest BCUT2D eigenvalue weighted by Gasteiger charge is 2.24. The van der Waals surface area contributed by atoms with Crippen molar-refractivity contribution in [2.75, 3.05) is 11.9 Å². The van der Waals surface area contributed by atoms with Gasteiger partial charge in [0, 0.05) is 17.8 Å². The van der Waals surface area contributed by atoms with E-state index < -0.39 is 0 Å². The third-order valence-corrected chi connectivity index (χ3v) is 5.09. The molecular weight excluding hydrogens is 418 g/mol. The predicted octanol–water partition coefficient (Wildman–Crippen LogP) is 4.64. The van der Waals surface area contributed by atoms with Crippen LogP contribution in [0.4, 0.5) is 19.3 Å². The minimum absolute atomic E-state index is 0.272. The molecule has 0 spiro atoms. The highest BCUT2D eigenvalue weighted by atomic mass is 79.9. The second-order valence-electron chi connectivity index (χ2n) is 6.22. The highest BCUT2D eigenvalue weighted by molar-refractivity contribution is 9.10. The normalized spacial score (nSPS) is 13.4. The van der Waals surface area contributed by atoms with Gasteiger partial charge in [-0.25, -0.2) is 13.6 Å². The fraction of sp³-hybridized carbons (Fsp3) is 0.158. The maximum atomic E-state index is 13.3. The summed E-state index contributed by atoms with van der Waals surface area (Å²) in [5.74, 6) is -0.690. The van der Waals surface area contributed by atoms with E-state index in [2.05, 4.69) is 26.3 Å². The molecule has 0 saturated heterocycles. The lowest BCUT2D eigenvalue weighted by atomic mass is 10.1. The van der Waals surface area contributed by atoms with Crippen molar-refractivity contribution in [2.45, 2.75) is 13.1 Å². The lowest BCUT2D eigenvalue weighted by Gasteiger charge is -2.28. The first-order valence-electron chi connectivity index (χ1n) is 8.33. The number of hydrogen-bond acceptors (Lipinski definition) is 2. The van der Waals surface area contributed by atoms with E-state index in [1.54, 1.807) is 23.2 Å². The number of fused-ring (bicyclic) bond motifs is 1. The van der Waals surface area contributed by atoms with Crippen LogP contribution in [0.3, 0.4) is 0 Å². The number of carbonyl (C=O) groups excluding carboxylic acids is 1. The molecule has 2 aromatic carbocycles. The van der Waals surface area contributed by atoms with Gasteiger partial charge in [-0.15, -0.1) is 0 Å². The molecule has 0 aliphatic carbocycles. The van der Waals surface area contributed by atoms with Crippen LogP contribution in [0.1, 0.15) is 5.69 Å². The van der Waals surface area contributed by atoms with Crippen LogP contribution < -0.4 is 5.32 Å². The van der Waals surface area contributed by atoms with Crippen molar-refractivity contribution in [1.29, 1.82) is 0 Å². The zero-order valence-corrected chi connectivity index (χ0v) is 15.7. The van der Waals surface area contributed by atoms with Crippen LogP contribution in [0.2, 0.25) is 0 Å². The van der Waals surface area contributed by atoms with Gasteiger partial charge in [-0.3, -0.25) is 4.68 Å². The number of aromatic nitrogens is 2.